The molecule has 146 valence electrons. The SMILES string of the molecule is Cc1ccc(O)c(-c2ccnc(Cl)n2)c1.Oc1ccccc1-c1ccnc(Cl)n1. The van der Waals surface area contributed by atoms with Gasteiger partial charge in [-0.1, -0.05) is 23.8 Å². The summed E-state index contributed by atoms with van der Waals surface area (Å²) in [5.74, 6) is 0.373. The molecule has 0 amide bonds. The van der Waals surface area contributed by atoms with Gasteiger partial charge in [-0.2, -0.15) is 0 Å². The highest BCUT2D eigenvalue weighted by molar-refractivity contribution is 6.28. The zero-order valence-corrected chi connectivity index (χ0v) is 16.8. The molecule has 2 aromatic carbocycles. The minimum Gasteiger partial charge on any atom is -0.507 e. The normalized spacial score (nSPS) is 10.2. The Balaban J connectivity index is 0.000000166. The molecule has 0 unspecified atom stereocenters. The first-order chi connectivity index (χ1) is 13.9. The van der Waals surface area contributed by atoms with E-state index in [0.717, 1.165) is 5.56 Å². The molecule has 2 heterocycles. The number of halogens is 2. The summed E-state index contributed by atoms with van der Waals surface area (Å²) in [6.45, 7) is 1.95. The molecule has 2 aromatic heterocycles. The minimum absolute atomic E-state index is 0.172. The van der Waals surface area contributed by atoms with Crippen molar-refractivity contribution in [1.29, 1.82) is 0 Å². The van der Waals surface area contributed by atoms with Crippen LogP contribution in [0.1, 0.15) is 5.56 Å². The van der Waals surface area contributed by atoms with E-state index < -0.39 is 0 Å². The number of aromatic nitrogens is 4. The first kappa shape index (κ1) is 20.5. The van der Waals surface area contributed by atoms with Gasteiger partial charge in [0.1, 0.15) is 11.5 Å². The van der Waals surface area contributed by atoms with Crippen molar-refractivity contribution in [2.24, 2.45) is 0 Å². The standard InChI is InChI=1S/C11H9ClN2O.C10H7ClN2O/c1-7-2-3-10(15)8(6-7)9-4-5-13-11(12)14-9;11-10-12-6-5-8(13-10)7-3-1-2-4-9(7)14/h2-6,15H,1H3;1-6,14H. The van der Waals surface area contributed by atoms with Crippen molar-refractivity contribution >= 4 is 23.2 Å². The quantitative estimate of drug-likeness (QED) is 0.421. The van der Waals surface area contributed by atoms with Gasteiger partial charge in [0.25, 0.3) is 0 Å². The molecule has 4 aromatic rings. The minimum atomic E-state index is 0.172. The molecule has 0 spiro atoms. The Morgan fingerprint density at radius 1 is 0.690 bits per heavy atom. The lowest BCUT2D eigenvalue weighted by Gasteiger charge is -2.04. The summed E-state index contributed by atoms with van der Waals surface area (Å²) >= 11 is 11.3. The van der Waals surface area contributed by atoms with E-state index in [4.69, 9.17) is 23.2 Å². The van der Waals surface area contributed by atoms with Crippen LogP contribution in [-0.4, -0.2) is 30.1 Å². The van der Waals surface area contributed by atoms with Crippen LogP contribution < -0.4 is 0 Å². The molecule has 0 saturated heterocycles. The molecule has 8 heteroatoms. The Morgan fingerprint density at radius 2 is 1.24 bits per heavy atom. The fourth-order valence-electron chi connectivity index (χ4n) is 2.52. The van der Waals surface area contributed by atoms with Gasteiger partial charge in [-0.25, -0.2) is 19.9 Å². The Morgan fingerprint density at radius 3 is 1.83 bits per heavy atom. The lowest BCUT2D eigenvalue weighted by atomic mass is 10.1. The van der Waals surface area contributed by atoms with Crippen molar-refractivity contribution in [3.8, 4) is 34.0 Å². The van der Waals surface area contributed by atoms with E-state index in [9.17, 15) is 10.2 Å². The molecule has 2 N–H and O–H groups in total. The van der Waals surface area contributed by atoms with Gasteiger partial charge in [0.15, 0.2) is 0 Å². The Bertz CT molecular complexity index is 1140. The van der Waals surface area contributed by atoms with E-state index in [-0.39, 0.29) is 22.1 Å². The topological polar surface area (TPSA) is 92.0 Å². The summed E-state index contributed by atoms with van der Waals surface area (Å²) in [5.41, 5.74) is 3.60. The van der Waals surface area contributed by atoms with E-state index in [1.165, 1.54) is 0 Å². The smallest absolute Gasteiger partial charge is 0.222 e. The van der Waals surface area contributed by atoms with Crippen LogP contribution >= 0.6 is 23.2 Å². The predicted molar refractivity (Wildman–Crippen MR) is 113 cm³/mol. The average molecular weight is 427 g/mol. The highest BCUT2D eigenvalue weighted by atomic mass is 35.5. The number of nitrogens with zero attached hydrogens (tertiary/aromatic N) is 4. The number of rotatable bonds is 2. The third kappa shape index (κ3) is 5.40. The zero-order valence-electron chi connectivity index (χ0n) is 15.3. The molecular weight excluding hydrogens is 411 g/mol. The number of hydrogen-bond donors (Lipinski definition) is 2. The predicted octanol–water partition coefficient (Wildman–Crippen LogP) is 5.31. The lowest BCUT2D eigenvalue weighted by molar-refractivity contribution is 0.476. The molecule has 4 rings (SSSR count). The second-order valence-corrected chi connectivity index (χ2v) is 6.64. The van der Waals surface area contributed by atoms with Crippen LogP contribution in [0.2, 0.25) is 10.6 Å². The fraction of sp³-hybridized carbons (Fsp3) is 0.0476. The van der Waals surface area contributed by atoms with Gasteiger partial charge in [0, 0.05) is 23.5 Å². The van der Waals surface area contributed by atoms with Crippen molar-refractivity contribution < 1.29 is 10.2 Å². The van der Waals surface area contributed by atoms with Crippen LogP contribution in [0, 0.1) is 6.92 Å². The monoisotopic (exact) mass is 426 g/mol. The summed E-state index contributed by atoms with van der Waals surface area (Å²) in [7, 11) is 0. The van der Waals surface area contributed by atoms with E-state index in [1.54, 1.807) is 48.8 Å². The molecule has 29 heavy (non-hydrogen) atoms. The largest absolute Gasteiger partial charge is 0.507 e. The third-order valence-electron chi connectivity index (χ3n) is 3.86. The number of benzene rings is 2. The van der Waals surface area contributed by atoms with Crippen LogP contribution in [0.4, 0.5) is 0 Å². The van der Waals surface area contributed by atoms with Gasteiger partial charge in [0.05, 0.1) is 11.4 Å². The van der Waals surface area contributed by atoms with Crippen molar-refractivity contribution in [2.75, 3.05) is 0 Å². The molecule has 0 aliphatic carbocycles. The highest BCUT2D eigenvalue weighted by Crippen LogP contribution is 2.29. The molecular formula is C21H16Cl2N4O2. The molecule has 6 nitrogen and oxygen atoms in total. The first-order valence-corrected chi connectivity index (χ1v) is 9.25. The molecule has 0 saturated carbocycles. The van der Waals surface area contributed by atoms with E-state index in [0.29, 0.717) is 22.5 Å². The van der Waals surface area contributed by atoms with Crippen molar-refractivity contribution in [2.45, 2.75) is 6.92 Å². The number of phenols is 2. The summed E-state index contributed by atoms with van der Waals surface area (Å²) in [6.07, 6.45) is 3.11. The number of aromatic hydroxyl groups is 2. The number of aryl methyl sites for hydroxylation is 1. The van der Waals surface area contributed by atoms with Gasteiger partial charge in [-0.15, -0.1) is 0 Å². The van der Waals surface area contributed by atoms with Crippen molar-refractivity contribution in [3.63, 3.8) is 0 Å². The lowest BCUT2D eigenvalue weighted by Crippen LogP contribution is -1.87. The van der Waals surface area contributed by atoms with Crippen molar-refractivity contribution in [1.82, 2.24) is 19.9 Å². The molecule has 0 fully saturated rings. The summed E-state index contributed by atoms with van der Waals surface area (Å²) in [6, 6.07) is 15.7. The maximum absolute atomic E-state index is 9.68. The maximum Gasteiger partial charge on any atom is 0.222 e. The molecule has 0 bridgehead atoms. The van der Waals surface area contributed by atoms with Gasteiger partial charge in [-0.3, -0.25) is 0 Å². The average Bonchev–Trinajstić information content (AvgIpc) is 2.71. The number of phenolic OH excluding ortho intramolecular Hbond substituents is 2. The Kier molecular flexibility index (Phi) is 6.59. The van der Waals surface area contributed by atoms with Crippen LogP contribution in [0.25, 0.3) is 22.5 Å². The van der Waals surface area contributed by atoms with E-state index >= 15 is 0 Å². The first-order valence-electron chi connectivity index (χ1n) is 8.49. The molecule has 0 aliphatic rings. The third-order valence-corrected chi connectivity index (χ3v) is 4.22. The van der Waals surface area contributed by atoms with Crippen LogP contribution in [0.15, 0.2) is 67.0 Å². The Labute approximate surface area is 177 Å². The van der Waals surface area contributed by atoms with E-state index in [1.807, 2.05) is 25.1 Å². The van der Waals surface area contributed by atoms with Crippen LogP contribution in [0.3, 0.4) is 0 Å². The molecule has 0 aliphatic heterocycles. The summed E-state index contributed by atoms with van der Waals surface area (Å²) < 4.78 is 0. The molecule has 0 atom stereocenters. The second kappa shape index (κ2) is 9.32. The Hall–Kier alpha value is -3.22. The van der Waals surface area contributed by atoms with Gasteiger partial charge in [0.2, 0.25) is 10.6 Å². The van der Waals surface area contributed by atoms with Crippen LogP contribution in [0.5, 0.6) is 11.5 Å². The van der Waals surface area contributed by atoms with Crippen LogP contribution in [-0.2, 0) is 0 Å². The van der Waals surface area contributed by atoms with Crippen molar-refractivity contribution in [3.05, 3.63) is 83.1 Å². The second-order valence-electron chi connectivity index (χ2n) is 5.96. The number of para-hydroxylation sites is 1. The van der Waals surface area contributed by atoms with Gasteiger partial charge < -0.3 is 10.2 Å². The van der Waals surface area contributed by atoms with Gasteiger partial charge in [-0.05, 0) is 66.5 Å². The van der Waals surface area contributed by atoms with Gasteiger partial charge >= 0.3 is 0 Å². The fourth-order valence-corrected chi connectivity index (χ4v) is 2.81. The summed E-state index contributed by atoms with van der Waals surface area (Å²) in [5, 5.41) is 19.6. The number of hydrogen-bond acceptors (Lipinski definition) is 6. The zero-order chi connectivity index (χ0) is 20.8. The molecule has 0 radical (unpaired) electrons. The summed E-state index contributed by atoms with van der Waals surface area (Å²) in [4.78, 5) is 15.6. The highest BCUT2D eigenvalue weighted by Gasteiger charge is 2.06. The maximum atomic E-state index is 9.68. The van der Waals surface area contributed by atoms with E-state index in [2.05, 4.69) is 19.9 Å².